The molecule has 2 saturated carbocycles. The lowest BCUT2D eigenvalue weighted by atomic mass is 9.69. The van der Waals surface area contributed by atoms with Gasteiger partial charge in [-0.25, -0.2) is 0 Å². The molecule has 2 fully saturated rings. The zero-order chi connectivity index (χ0) is 13.8. The van der Waals surface area contributed by atoms with Gasteiger partial charge in [-0.2, -0.15) is 0 Å². The molecule has 0 aromatic rings. The van der Waals surface area contributed by atoms with E-state index >= 15 is 0 Å². The average Bonchev–Trinajstić information content (AvgIpc) is 2.38. The predicted molar refractivity (Wildman–Crippen MR) is 84.3 cm³/mol. The highest BCUT2D eigenvalue weighted by Gasteiger charge is 2.32. The van der Waals surface area contributed by atoms with Gasteiger partial charge in [0, 0.05) is 6.04 Å². The molecule has 1 N–H and O–H groups in total. The molecule has 1 nitrogen and oxygen atoms in total. The maximum atomic E-state index is 3.92. The summed E-state index contributed by atoms with van der Waals surface area (Å²) in [7, 11) is 0. The number of hydrogen-bond donors (Lipinski definition) is 1. The van der Waals surface area contributed by atoms with E-state index in [1.807, 2.05) is 0 Å². The SMILES string of the molecule is CC(C)C(CNC1CCC2CCCCC2C1)C(C)C. The molecule has 0 aromatic carbocycles. The van der Waals surface area contributed by atoms with Crippen molar-refractivity contribution in [3.05, 3.63) is 0 Å². The molecule has 0 heterocycles. The number of fused-ring (bicyclic) bond motifs is 1. The summed E-state index contributed by atoms with van der Waals surface area (Å²) in [5.74, 6) is 4.58. The summed E-state index contributed by atoms with van der Waals surface area (Å²) in [5.41, 5.74) is 0. The van der Waals surface area contributed by atoms with Gasteiger partial charge in [0.25, 0.3) is 0 Å². The van der Waals surface area contributed by atoms with Crippen LogP contribution in [0.25, 0.3) is 0 Å². The molecule has 0 saturated heterocycles. The van der Waals surface area contributed by atoms with Crippen LogP contribution in [0, 0.1) is 29.6 Å². The summed E-state index contributed by atoms with van der Waals surface area (Å²) in [4.78, 5) is 0. The fourth-order valence-corrected chi connectivity index (χ4v) is 4.60. The molecule has 2 rings (SSSR count). The molecule has 19 heavy (non-hydrogen) atoms. The topological polar surface area (TPSA) is 12.0 Å². The van der Waals surface area contributed by atoms with E-state index in [2.05, 4.69) is 33.0 Å². The molecule has 0 bridgehead atoms. The van der Waals surface area contributed by atoms with Gasteiger partial charge in [0.2, 0.25) is 0 Å². The number of hydrogen-bond acceptors (Lipinski definition) is 1. The van der Waals surface area contributed by atoms with Crippen LogP contribution in [-0.2, 0) is 0 Å². The van der Waals surface area contributed by atoms with Gasteiger partial charge in [0.05, 0.1) is 0 Å². The maximum absolute atomic E-state index is 3.92. The van der Waals surface area contributed by atoms with E-state index in [-0.39, 0.29) is 0 Å². The van der Waals surface area contributed by atoms with Crippen LogP contribution in [0.15, 0.2) is 0 Å². The fraction of sp³-hybridized carbons (Fsp3) is 1.00. The van der Waals surface area contributed by atoms with Crippen LogP contribution in [-0.4, -0.2) is 12.6 Å². The Balaban J connectivity index is 1.77. The van der Waals surface area contributed by atoms with Crippen molar-refractivity contribution < 1.29 is 0 Å². The van der Waals surface area contributed by atoms with Crippen molar-refractivity contribution in [1.82, 2.24) is 5.32 Å². The normalized spacial score (nSPS) is 32.1. The first kappa shape index (κ1) is 15.4. The Kier molecular flexibility index (Phi) is 5.74. The monoisotopic (exact) mass is 265 g/mol. The largest absolute Gasteiger partial charge is 0.314 e. The Hall–Kier alpha value is -0.0400. The van der Waals surface area contributed by atoms with E-state index in [4.69, 9.17) is 0 Å². The predicted octanol–water partition coefficient (Wildman–Crippen LogP) is 4.86. The van der Waals surface area contributed by atoms with Crippen molar-refractivity contribution in [2.24, 2.45) is 29.6 Å². The molecule has 0 radical (unpaired) electrons. The van der Waals surface area contributed by atoms with Gasteiger partial charge in [0.15, 0.2) is 0 Å². The first-order chi connectivity index (χ1) is 9.08. The molecule has 0 amide bonds. The van der Waals surface area contributed by atoms with Crippen LogP contribution in [0.3, 0.4) is 0 Å². The van der Waals surface area contributed by atoms with Crippen molar-refractivity contribution in [1.29, 1.82) is 0 Å². The second kappa shape index (κ2) is 7.11. The van der Waals surface area contributed by atoms with Gasteiger partial charge in [-0.3, -0.25) is 0 Å². The molecular formula is C18H35N. The van der Waals surface area contributed by atoms with E-state index in [0.29, 0.717) is 0 Å². The fourth-order valence-electron chi connectivity index (χ4n) is 4.60. The van der Waals surface area contributed by atoms with Gasteiger partial charge in [-0.15, -0.1) is 0 Å². The molecule has 3 atom stereocenters. The second-order valence-corrected chi connectivity index (χ2v) is 7.87. The molecule has 0 spiro atoms. The van der Waals surface area contributed by atoms with Crippen molar-refractivity contribution in [2.75, 3.05) is 6.54 Å². The first-order valence-corrected chi connectivity index (χ1v) is 8.81. The highest BCUT2D eigenvalue weighted by atomic mass is 14.9. The quantitative estimate of drug-likeness (QED) is 0.748. The lowest BCUT2D eigenvalue weighted by Crippen LogP contribution is -2.42. The van der Waals surface area contributed by atoms with Gasteiger partial charge in [0.1, 0.15) is 0 Å². The van der Waals surface area contributed by atoms with Crippen molar-refractivity contribution in [3.63, 3.8) is 0 Å². The molecule has 0 aromatic heterocycles. The summed E-state index contributed by atoms with van der Waals surface area (Å²) in [6.45, 7) is 10.8. The van der Waals surface area contributed by atoms with Gasteiger partial charge < -0.3 is 5.32 Å². The number of nitrogens with one attached hydrogen (secondary N) is 1. The third kappa shape index (κ3) is 4.21. The van der Waals surface area contributed by atoms with E-state index in [1.54, 1.807) is 0 Å². The van der Waals surface area contributed by atoms with E-state index in [1.165, 1.54) is 51.5 Å². The summed E-state index contributed by atoms with van der Waals surface area (Å²) < 4.78 is 0. The molecule has 0 aliphatic heterocycles. The summed E-state index contributed by atoms with van der Waals surface area (Å²) >= 11 is 0. The molecule has 2 aliphatic carbocycles. The van der Waals surface area contributed by atoms with Gasteiger partial charge >= 0.3 is 0 Å². The van der Waals surface area contributed by atoms with Crippen molar-refractivity contribution in [3.8, 4) is 0 Å². The van der Waals surface area contributed by atoms with Crippen LogP contribution < -0.4 is 5.32 Å². The van der Waals surface area contributed by atoms with Crippen LogP contribution in [0.2, 0.25) is 0 Å². The molecule has 1 heteroatoms. The Morgan fingerprint density at radius 2 is 1.47 bits per heavy atom. The summed E-state index contributed by atoms with van der Waals surface area (Å²) in [6, 6.07) is 0.819. The number of rotatable bonds is 5. The summed E-state index contributed by atoms with van der Waals surface area (Å²) in [6.07, 6.45) is 10.4. The van der Waals surface area contributed by atoms with Crippen molar-refractivity contribution in [2.45, 2.75) is 78.7 Å². The zero-order valence-corrected chi connectivity index (χ0v) is 13.6. The van der Waals surface area contributed by atoms with E-state index in [0.717, 1.165) is 35.6 Å². The maximum Gasteiger partial charge on any atom is 0.00700 e. The molecule has 3 unspecified atom stereocenters. The highest BCUT2D eigenvalue weighted by Crippen LogP contribution is 2.40. The minimum atomic E-state index is 0.804. The van der Waals surface area contributed by atoms with E-state index in [9.17, 15) is 0 Å². The minimum Gasteiger partial charge on any atom is -0.314 e. The summed E-state index contributed by atoms with van der Waals surface area (Å²) in [5, 5.41) is 3.92. The lowest BCUT2D eigenvalue weighted by molar-refractivity contribution is 0.137. The standard InChI is InChI=1S/C18H35N/c1-13(2)18(14(3)4)12-19-17-10-9-15-7-5-6-8-16(15)11-17/h13-19H,5-12H2,1-4H3. The van der Waals surface area contributed by atoms with Crippen LogP contribution in [0.5, 0.6) is 0 Å². The van der Waals surface area contributed by atoms with Gasteiger partial charge in [-0.05, 0) is 55.4 Å². The Labute approximate surface area is 120 Å². The smallest absolute Gasteiger partial charge is 0.00700 e. The molecular weight excluding hydrogens is 230 g/mol. The average molecular weight is 265 g/mol. The zero-order valence-electron chi connectivity index (χ0n) is 13.6. The van der Waals surface area contributed by atoms with Gasteiger partial charge in [-0.1, -0.05) is 53.4 Å². The third-order valence-corrected chi connectivity index (χ3v) is 5.89. The highest BCUT2D eigenvalue weighted by molar-refractivity contribution is 4.86. The Morgan fingerprint density at radius 3 is 2.11 bits per heavy atom. The van der Waals surface area contributed by atoms with Crippen LogP contribution in [0.1, 0.15) is 72.6 Å². The Morgan fingerprint density at radius 1 is 0.842 bits per heavy atom. The lowest BCUT2D eigenvalue weighted by Gasteiger charge is -2.40. The minimum absolute atomic E-state index is 0.804. The van der Waals surface area contributed by atoms with Crippen LogP contribution in [0.4, 0.5) is 0 Å². The van der Waals surface area contributed by atoms with Crippen molar-refractivity contribution >= 4 is 0 Å². The first-order valence-electron chi connectivity index (χ1n) is 8.81. The Bertz CT molecular complexity index is 250. The molecule has 112 valence electrons. The van der Waals surface area contributed by atoms with E-state index < -0.39 is 0 Å². The van der Waals surface area contributed by atoms with Crippen LogP contribution >= 0.6 is 0 Å². The second-order valence-electron chi connectivity index (χ2n) is 7.87. The molecule has 2 aliphatic rings. The third-order valence-electron chi connectivity index (χ3n) is 5.89.